The van der Waals surface area contributed by atoms with E-state index in [1.54, 1.807) is 13.8 Å². The van der Waals surface area contributed by atoms with Crippen LogP contribution in [0, 0.1) is 0 Å². The average molecular weight is 288 g/mol. The Morgan fingerprint density at radius 2 is 1.95 bits per heavy atom. The molecule has 0 aromatic heterocycles. The highest BCUT2D eigenvalue weighted by atomic mass is 19.4. The molecule has 2 N–H and O–H groups in total. The molecule has 0 unspecified atom stereocenters. The number of carbonyl (C=O) groups excluding carboxylic acids is 1. The van der Waals surface area contributed by atoms with Gasteiger partial charge in [0.25, 0.3) is 5.91 Å². The van der Waals surface area contributed by atoms with Gasteiger partial charge < -0.3 is 10.6 Å². The standard InChI is InChI=1S/C14H19F3N2O/c1-4-7-18-12-6-5-10(13(20)19-9(2)3)8-11(12)14(15,16)17/h5-6,8-9,18H,4,7H2,1-3H3,(H,19,20). The minimum atomic E-state index is -4.50. The first-order valence-electron chi connectivity index (χ1n) is 6.51. The van der Waals surface area contributed by atoms with Gasteiger partial charge in [0, 0.05) is 23.8 Å². The SMILES string of the molecule is CCCNc1ccc(C(=O)NC(C)C)cc1C(F)(F)F. The first-order valence-corrected chi connectivity index (χ1v) is 6.51. The van der Waals surface area contributed by atoms with Crippen LogP contribution in [-0.4, -0.2) is 18.5 Å². The first kappa shape index (κ1) is 16.3. The summed E-state index contributed by atoms with van der Waals surface area (Å²) in [7, 11) is 0. The average Bonchev–Trinajstić information content (AvgIpc) is 2.34. The number of benzene rings is 1. The van der Waals surface area contributed by atoms with Crippen LogP contribution in [0.4, 0.5) is 18.9 Å². The third kappa shape index (κ3) is 4.43. The van der Waals surface area contributed by atoms with Crippen LogP contribution in [0.1, 0.15) is 43.1 Å². The number of alkyl halides is 3. The van der Waals surface area contributed by atoms with Gasteiger partial charge in [0.15, 0.2) is 0 Å². The fourth-order valence-corrected chi connectivity index (χ4v) is 1.68. The predicted octanol–water partition coefficient (Wildman–Crippen LogP) is 3.67. The summed E-state index contributed by atoms with van der Waals surface area (Å²) in [6.07, 6.45) is -3.78. The molecule has 0 spiro atoms. The number of nitrogens with one attached hydrogen (secondary N) is 2. The molecule has 1 amide bonds. The molecule has 0 aliphatic heterocycles. The summed E-state index contributed by atoms with van der Waals surface area (Å²) in [5.41, 5.74) is -0.809. The minimum Gasteiger partial charge on any atom is -0.385 e. The number of halogens is 3. The second-order valence-electron chi connectivity index (χ2n) is 4.81. The summed E-state index contributed by atoms with van der Waals surface area (Å²) in [6.45, 7) is 5.81. The number of hydrogen-bond donors (Lipinski definition) is 2. The van der Waals surface area contributed by atoms with Gasteiger partial charge in [-0.1, -0.05) is 6.92 Å². The molecular formula is C14H19F3N2O. The topological polar surface area (TPSA) is 41.1 Å². The molecule has 0 radical (unpaired) electrons. The lowest BCUT2D eigenvalue weighted by molar-refractivity contribution is -0.137. The molecule has 0 atom stereocenters. The summed E-state index contributed by atoms with van der Waals surface area (Å²) in [5, 5.41) is 5.30. The van der Waals surface area contributed by atoms with Crippen molar-refractivity contribution in [3.63, 3.8) is 0 Å². The van der Waals surface area contributed by atoms with Crippen molar-refractivity contribution in [2.24, 2.45) is 0 Å². The van der Waals surface area contributed by atoms with Gasteiger partial charge in [-0.15, -0.1) is 0 Å². The molecule has 6 heteroatoms. The van der Waals surface area contributed by atoms with Gasteiger partial charge in [0.2, 0.25) is 0 Å². The van der Waals surface area contributed by atoms with E-state index in [0.29, 0.717) is 13.0 Å². The van der Waals surface area contributed by atoms with Crippen molar-refractivity contribution in [1.82, 2.24) is 5.32 Å². The molecule has 1 aromatic carbocycles. The van der Waals surface area contributed by atoms with Gasteiger partial charge in [0.1, 0.15) is 0 Å². The molecule has 0 aliphatic carbocycles. The van der Waals surface area contributed by atoms with E-state index in [2.05, 4.69) is 10.6 Å². The number of carbonyl (C=O) groups is 1. The Balaban J connectivity index is 3.11. The lowest BCUT2D eigenvalue weighted by Gasteiger charge is -2.16. The third-order valence-corrected chi connectivity index (χ3v) is 2.57. The lowest BCUT2D eigenvalue weighted by Crippen LogP contribution is -2.30. The Bertz CT molecular complexity index is 470. The van der Waals surface area contributed by atoms with E-state index in [4.69, 9.17) is 0 Å². The quantitative estimate of drug-likeness (QED) is 0.868. The maximum absolute atomic E-state index is 13.0. The van der Waals surface area contributed by atoms with E-state index >= 15 is 0 Å². The zero-order valence-electron chi connectivity index (χ0n) is 11.8. The highest BCUT2D eigenvalue weighted by Crippen LogP contribution is 2.35. The largest absolute Gasteiger partial charge is 0.418 e. The molecular weight excluding hydrogens is 269 g/mol. The molecule has 3 nitrogen and oxygen atoms in total. The van der Waals surface area contributed by atoms with Crippen molar-refractivity contribution < 1.29 is 18.0 Å². The summed E-state index contributed by atoms with van der Waals surface area (Å²) >= 11 is 0. The smallest absolute Gasteiger partial charge is 0.385 e. The van der Waals surface area contributed by atoms with Crippen molar-refractivity contribution in [2.45, 2.75) is 39.4 Å². The third-order valence-electron chi connectivity index (χ3n) is 2.57. The van der Waals surface area contributed by atoms with E-state index in [0.717, 1.165) is 6.07 Å². The van der Waals surface area contributed by atoms with Gasteiger partial charge in [-0.2, -0.15) is 13.2 Å². The van der Waals surface area contributed by atoms with Crippen LogP contribution < -0.4 is 10.6 Å². The number of rotatable bonds is 5. The maximum atomic E-state index is 13.0. The summed E-state index contributed by atoms with van der Waals surface area (Å²) < 4.78 is 39.0. The Morgan fingerprint density at radius 3 is 2.45 bits per heavy atom. The summed E-state index contributed by atoms with van der Waals surface area (Å²) in [6, 6.07) is 3.45. The minimum absolute atomic E-state index is 0.000414. The molecule has 0 heterocycles. The Labute approximate surface area is 116 Å². The van der Waals surface area contributed by atoms with Crippen LogP contribution in [0.25, 0.3) is 0 Å². The normalized spacial score (nSPS) is 11.6. The summed E-state index contributed by atoms with van der Waals surface area (Å²) in [4.78, 5) is 11.8. The van der Waals surface area contributed by atoms with E-state index in [1.165, 1.54) is 12.1 Å². The number of hydrogen-bond acceptors (Lipinski definition) is 2. The highest BCUT2D eigenvalue weighted by molar-refractivity contribution is 5.95. The van der Waals surface area contributed by atoms with Crippen molar-refractivity contribution in [1.29, 1.82) is 0 Å². The molecule has 1 rings (SSSR count). The van der Waals surface area contributed by atoms with Crippen LogP contribution >= 0.6 is 0 Å². The van der Waals surface area contributed by atoms with Crippen LogP contribution in [-0.2, 0) is 6.18 Å². The lowest BCUT2D eigenvalue weighted by atomic mass is 10.1. The fourth-order valence-electron chi connectivity index (χ4n) is 1.68. The molecule has 1 aromatic rings. The van der Waals surface area contributed by atoms with Crippen molar-refractivity contribution in [3.05, 3.63) is 29.3 Å². The molecule has 0 aliphatic rings. The van der Waals surface area contributed by atoms with E-state index in [1.807, 2.05) is 6.92 Å². The van der Waals surface area contributed by atoms with E-state index < -0.39 is 17.6 Å². The van der Waals surface area contributed by atoms with Gasteiger partial charge in [0.05, 0.1) is 5.56 Å². The summed E-state index contributed by atoms with van der Waals surface area (Å²) in [5.74, 6) is -0.507. The Hall–Kier alpha value is -1.72. The first-order chi connectivity index (χ1) is 9.25. The van der Waals surface area contributed by atoms with Crippen molar-refractivity contribution in [2.75, 3.05) is 11.9 Å². The van der Waals surface area contributed by atoms with Crippen molar-refractivity contribution in [3.8, 4) is 0 Å². The van der Waals surface area contributed by atoms with Crippen LogP contribution in [0.5, 0.6) is 0 Å². The Kier molecular flexibility index (Phi) is 5.42. The highest BCUT2D eigenvalue weighted by Gasteiger charge is 2.34. The second-order valence-corrected chi connectivity index (χ2v) is 4.81. The molecule has 20 heavy (non-hydrogen) atoms. The number of amides is 1. The Morgan fingerprint density at radius 1 is 1.30 bits per heavy atom. The van der Waals surface area contributed by atoms with E-state index in [-0.39, 0.29) is 17.3 Å². The monoisotopic (exact) mass is 288 g/mol. The van der Waals surface area contributed by atoms with E-state index in [9.17, 15) is 18.0 Å². The molecule has 0 saturated heterocycles. The zero-order chi connectivity index (χ0) is 15.3. The van der Waals surface area contributed by atoms with Crippen molar-refractivity contribution >= 4 is 11.6 Å². The maximum Gasteiger partial charge on any atom is 0.418 e. The zero-order valence-corrected chi connectivity index (χ0v) is 11.8. The van der Waals surface area contributed by atoms with Crippen LogP contribution in [0.3, 0.4) is 0 Å². The second kappa shape index (κ2) is 6.63. The van der Waals surface area contributed by atoms with Gasteiger partial charge >= 0.3 is 6.18 Å². The number of anilines is 1. The van der Waals surface area contributed by atoms with Gasteiger partial charge in [-0.25, -0.2) is 0 Å². The van der Waals surface area contributed by atoms with Crippen LogP contribution in [0.2, 0.25) is 0 Å². The van der Waals surface area contributed by atoms with Gasteiger partial charge in [-0.05, 0) is 38.5 Å². The predicted molar refractivity (Wildman–Crippen MR) is 72.8 cm³/mol. The molecule has 112 valence electrons. The molecule has 0 fully saturated rings. The van der Waals surface area contributed by atoms with Gasteiger partial charge in [-0.3, -0.25) is 4.79 Å². The fraction of sp³-hybridized carbons (Fsp3) is 0.500. The molecule has 0 saturated carbocycles. The molecule has 0 bridgehead atoms. The van der Waals surface area contributed by atoms with Crippen LogP contribution in [0.15, 0.2) is 18.2 Å².